The molecule has 0 aromatic heterocycles. The second kappa shape index (κ2) is 8.60. The van der Waals surface area contributed by atoms with Crippen molar-refractivity contribution < 1.29 is 14.3 Å². The number of nitrogens with two attached hydrogens (primary N) is 1. The highest BCUT2D eigenvalue weighted by atomic mass is 35.5. The molecule has 0 radical (unpaired) electrons. The molecule has 1 aliphatic heterocycles. The van der Waals surface area contributed by atoms with Crippen molar-refractivity contribution in [1.29, 1.82) is 5.26 Å². The summed E-state index contributed by atoms with van der Waals surface area (Å²) in [6.45, 7) is 1.90. The van der Waals surface area contributed by atoms with Gasteiger partial charge in [-0.25, -0.2) is 0 Å². The van der Waals surface area contributed by atoms with Crippen molar-refractivity contribution in [2.24, 2.45) is 5.73 Å². The van der Waals surface area contributed by atoms with Crippen LogP contribution in [0.25, 0.3) is 0 Å². The molecule has 29 heavy (non-hydrogen) atoms. The molecule has 148 valence electrons. The summed E-state index contributed by atoms with van der Waals surface area (Å²) in [6.07, 6.45) is 0.394. The third-order valence-corrected chi connectivity index (χ3v) is 6.16. The number of aryl methyl sites for hydroxylation is 1. The van der Waals surface area contributed by atoms with E-state index < -0.39 is 11.2 Å². The first-order chi connectivity index (χ1) is 13.8. The second-order valence-corrected chi connectivity index (χ2v) is 8.02. The predicted octanol–water partition coefficient (Wildman–Crippen LogP) is 3.57. The van der Waals surface area contributed by atoms with Crippen LogP contribution in [0.15, 0.2) is 53.1 Å². The Hall–Kier alpha value is -2.95. The Labute approximate surface area is 177 Å². The number of amides is 2. The van der Waals surface area contributed by atoms with Crippen molar-refractivity contribution in [2.45, 2.75) is 18.6 Å². The first-order valence-corrected chi connectivity index (χ1v) is 9.95. The van der Waals surface area contributed by atoms with E-state index in [9.17, 15) is 14.9 Å². The summed E-state index contributed by atoms with van der Waals surface area (Å²) in [5, 5.41) is 9.76. The van der Waals surface area contributed by atoms with E-state index in [0.717, 1.165) is 22.9 Å². The normalized spacial score (nSPS) is 17.8. The largest absolute Gasteiger partial charge is 0.497 e. The fraction of sp³-hybridized carbons (Fsp3) is 0.190. The highest BCUT2D eigenvalue weighted by Crippen LogP contribution is 2.42. The van der Waals surface area contributed by atoms with E-state index in [0.29, 0.717) is 22.9 Å². The molecule has 3 rings (SSSR count). The minimum Gasteiger partial charge on any atom is -0.497 e. The molecule has 0 bridgehead atoms. The quantitative estimate of drug-likeness (QED) is 0.581. The molecular formula is C21H18ClN3O3S. The topological polar surface area (TPSA) is 96.4 Å². The number of ether oxygens (including phenoxy) is 1. The standard InChI is InChI=1S/C21H18ClN3O3S/c1-12-6-7-13(8-17(12)22)9-18-20(27)25(14-4-3-5-15(10-14)28-2)21(29-18)16(11-23)19(24)26/h3-8,10,18H,9H2,1-2H3,(H2,24,26)/b21-16+/t18-/m1/s1. The summed E-state index contributed by atoms with van der Waals surface area (Å²) in [6, 6.07) is 14.3. The fourth-order valence-electron chi connectivity index (χ4n) is 2.96. The maximum atomic E-state index is 13.3. The molecule has 8 heteroatoms. The van der Waals surface area contributed by atoms with Crippen LogP contribution in [0.5, 0.6) is 5.75 Å². The van der Waals surface area contributed by atoms with Gasteiger partial charge < -0.3 is 10.5 Å². The number of thioether (sulfide) groups is 1. The lowest BCUT2D eigenvalue weighted by Gasteiger charge is -2.19. The van der Waals surface area contributed by atoms with Gasteiger partial charge in [0.15, 0.2) is 0 Å². The van der Waals surface area contributed by atoms with Gasteiger partial charge in [-0.05, 0) is 42.7 Å². The van der Waals surface area contributed by atoms with Crippen LogP contribution in [-0.4, -0.2) is 24.2 Å². The van der Waals surface area contributed by atoms with Crippen molar-refractivity contribution in [3.05, 3.63) is 69.2 Å². The SMILES string of the molecule is COc1cccc(N2C(=O)[C@@H](Cc3ccc(C)c(Cl)c3)S/C2=C(\C#N)C(N)=O)c1. The molecule has 6 nitrogen and oxygen atoms in total. The Morgan fingerprint density at radius 2 is 2.10 bits per heavy atom. The number of methoxy groups -OCH3 is 1. The molecule has 0 spiro atoms. The zero-order chi connectivity index (χ0) is 21.1. The lowest BCUT2D eigenvalue weighted by Crippen LogP contribution is -2.31. The number of hydrogen-bond acceptors (Lipinski definition) is 5. The van der Waals surface area contributed by atoms with Crippen LogP contribution in [0, 0.1) is 18.3 Å². The Morgan fingerprint density at radius 3 is 2.72 bits per heavy atom. The zero-order valence-electron chi connectivity index (χ0n) is 15.8. The lowest BCUT2D eigenvalue weighted by atomic mass is 10.1. The summed E-state index contributed by atoms with van der Waals surface area (Å²) < 4.78 is 5.23. The van der Waals surface area contributed by atoms with Crippen molar-refractivity contribution >= 4 is 40.9 Å². The zero-order valence-corrected chi connectivity index (χ0v) is 17.4. The van der Waals surface area contributed by atoms with Crippen LogP contribution in [0.2, 0.25) is 5.02 Å². The number of nitrogens with zero attached hydrogens (tertiary/aromatic N) is 2. The number of carbonyl (C=O) groups is 2. The summed E-state index contributed by atoms with van der Waals surface area (Å²) in [5.74, 6) is -0.579. The number of primary amides is 1. The van der Waals surface area contributed by atoms with E-state index >= 15 is 0 Å². The maximum Gasteiger partial charge on any atom is 0.262 e. The van der Waals surface area contributed by atoms with Gasteiger partial charge in [-0.1, -0.05) is 41.6 Å². The molecular weight excluding hydrogens is 410 g/mol. The van der Waals surface area contributed by atoms with Gasteiger partial charge in [0.1, 0.15) is 22.4 Å². The summed E-state index contributed by atoms with van der Waals surface area (Å²) in [5.41, 5.74) is 7.46. The van der Waals surface area contributed by atoms with Crippen molar-refractivity contribution in [3.63, 3.8) is 0 Å². The van der Waals surface area contributed by atoms with E-state index in [1.54, 1.807) is 24.3 Å². The van der Waals surface area contributed by atoms with E-state index in [1.165, 1.54) is 12.0 Å². The average Bonchev–Trinajstić information content (AvgIpc) is 3.01. The highest BCUT2D eigenvalue weighted by molar-refractivity contribution is 8.05. The van der Waals surface area contributed by atoms with E-state index in [4.69, 9.17) is 22.1 Å². The molecule has 2 aromatic rings. The van der Waals surface area contributed by atoms with E-state index in [2.05, 4.69) is 0 Å². The van der Waals surface area contributed by atoms with Crippen molar-refractivity contribution in [2.75, 3.05) is 12.0 Å². The molecule has 1 aliphatic rings. The monoisotopic (exact) mass is 427 g/mol. The molecule has 1 atom stereocenters. The third kappa shape index (κ3) is 4.24. The lowest BCUT2D eigenvalue weighted by molar-refractivity contribution is -0.117. The van der Waals surface area contributed by atoms with Gasteiger partial charge in [0, 0.05) is 11.1 Å². The summed E-state index contributed by atoms with van der Waals surface area (Å²) in [7, 11) is 1.52. The Balaban J connectivity index is 2.04. The van der Waals surface area contributed by atoms with Crippen LogP contribution >= 0.6 is 23.4 Å². The first-order valence-electron chi connectivity index (χ1n) is 8.69. The number of carbonyl (C=O) groups excluding carboxylic acids is 2. The van der Waals surface area contributed by atoms with Crippen molar-refractivity contribution in [3.8, 4) is 11.8 Å². The number of anilines is 1. The fourth-order valence-corrected chi connectivity index (χ4v) is 4.48. The number of hydrogen-bond donors (Lipinski definition) is 1. The summed E-state index contributed by atoms with van der Waals surface area (Å²) in [4.78, 5) is 26.4. The number of nitriles is 1. The van der Waals surface area contributed by atoms with E-state index in [-0.39, 0.29) is 16.5 Å². The molecule has 2 amide bonds. The van der Waals surface area contributed by atoms with E-state index in [1.807, 2.05) is 31.2 Å². The Kier molecular flexibility index (Phi) is 6.16. The van der Waals surface area contributed by atoms with Crippen LogP contribution in [-0.2, 0) is 16.0 Å². The number of benzene rings is 2. The minimum atomic E-state index is -0.880. The molecule has 1 saturated heterocycles. The molecule has 2 N–H and O–H groups in total. The van der Waals surface area contributed by atoms with Gasteiger partial charge in [0.05, 0.1) is 18.0 Å². The summed E-state index contributed by atoms with van der Waals surface area (Å²) >= 11 is 7.36. The second-order valence-electron chi connectivity index (χ2n) is 6.43. The smallest absolute Gasteiger partial charge is 0.262 e. The molecule has 2 aromatic carbocycles. The first kappa shape index (κ1) is 20.8. The molecule has 1 heterocycles. The van der Waals surface area contributed by atoms with Gasteiger partial charge in [0.2, 0.25) is 5.91 Å². The van der Waals surface area contributed by atoms with Crippen LogP contribution in [0.4, 0.5) is 5.69 Å². The van der Waals surface area contributed by atoms with Gasteiger partial charge in [-0.3, -0.25) is 14.5 Å². The third-order valence-electron chi connectivity index (χ3n) is 4.49. The number of halogens is 1. The molecule has 0 aliphatic carbocycles. The van der Waals surface area contributed by atoms with Gasteiger partial charge in [-0.2, -0.15) is 5.26 Å². The highest BCUT2D eigenvalue weighted by Gasteiger charge is 2.40. The number of rotatable bonds is 5. The Bertz CT molecular complexity index is 1060. The van der Waals surface area contributed by atoms with Crippen LogP contribution in [0.3, 0.4) is 0 Å². The predicted molar refractivity (Wildman–Crippen MR) is 114 cm³/mol. The molecule has 1 fully saturated rings. The minimum absolute atomic E-state index is 0.224. The average molecular weight is 428 g/mol. The van der Waals surface area contributed by atoms with Gasteiger partial charge in [0.25, 0.3) is 5.91 Å². The van der Waals surface area contributed by atoms with Gasteiger partial charge in [-0.15, -0.1) is 0 Å². The van der Waals surface area contributed by atoms with Crippen LogP contribution < -0.4 is 15.4 Å². The van der Waals surface area contributed by atoms with Gasteiger partial charge >= 0.3 is 0 Å². The van der Waals surface area contributed by atoms with Crippen molar-refractivity contribution in [1.82, 2.24) is 0 Å². The molecule has 0 saturated carbocycles. The van der Waals surface area contributed by atoms with Crippen LogP contribution in [0.1, 0.15) is 11.1 Å². The maximum absolute atomic E-state index is 13.3. The molecule has 0 unspecified atom stereocenters. The Morgan fingerprint density at radius 1 is 1.34 bits per heavy atom.